The van der Waals surface area contributed by atoms with Crippen molar-refractivity contribution in [2.45, 2.75) is 19.9 Å². The predicted molar refractivity (Wildman–Crippen MR) is 68.3 cm³/mol. The van der Waals surface area contributed by atoms with Gasteiger partial charge in [-0.25, -0.2) is 4.79 Å². The smallest absolute Gasteiger partial charge is 0.372 e. The molecule has 5 heteroatoms. The van der Waals surface area contributed by atoms with Crippen LogP contribution >= 0.6 is 22.9 Å². The molecule has 0 saturated heterocycles. The first-order valence-electron chi connectivity index (χ1n) is 5.42. The monoisotopic (exact) mass is 270 g/mol. The van der Waals surface area contributed by atoms with Crippen molar-refractivity contribution in [1.82, 2.24) is 0 Å². The SMILES string of the molecule is CCCOC(=O)C[n+]1csc2cc(Cl)ccc21. The zero-order valence-corrected chi connectivity index (χ0v) is 11.1. The summed E-state index contributed by atoms with van der Waals surface area (Å²) in [4.78, 5) is 11.5. The van der Waals surface area contributed by atoms with E-state index in [1.54, 1.807) is 11.3 Å². The molecule has 0 atom stereocenters. The van der Waals surface area contributed by atoms with E-state index in [1.165, 1.54) is 0 Å². The van der Waals surface area contributed by atoms with E-state index >= 15 is 0 Å². The van der Waals surface area contributed by atoms with Crippen LogP contribution in [0.5, 0.6) is 0 Å². The Hall–Kier alpha value is -1.13. The minimum atomic E-state index is -0.202. The summed E-state index contributed by atoms with van der Waals surface area (Å²) in [5, 5.41) is 0.708. The van der Waals surface area contributed by atoms with E-state index in [4.69, 9.17) is 16.3 Å². The number of carbonyl (C=O) groups excluding carboxylic acids is 1. The second-order valence-corrected chi connectivity index (χ2v) is 5.01. The maximum atomic E-state index is 11.5. The second kappa shape index (κ2) is 5.47. The van der Waals surface area contributed by atoms with Crippen molar-refractivity contribution in [2.75, 3.05) is 6.61 Å². The number of esters is 1. The molecule has 1 heterocycles. The topological polar surface area (TPSA) is 30.2 Å². The lowest BCUT2D eigenvalue weighted by Gasteiger charge is -1.98. The average Bonchev–Trinajstić information content (AvgIpc) is 2.69. The highest BCUT2D eigenvalue weighted by Gasteiger charge is 2.16. The van der Waals surface area contributed by atoms with Crippen LogP contribution in [0.2, 0.25) is 5.02 Å². The Labute approximate surface area is 109 Å². The van der Waals surface area contributed by atoms with Gasteiger partial charge in [0.05, 0.1) is 6.61 Å². The molecule has 3 nitrogen and oxygen atoms in total. The number of halogens is 1. The van der Waals surface area contributed by atoms with E-state index in [1.807, 2.05) is 35.2 Å². The Kier molecular flexibility index (Phi) is 3.97. The van der Waals surface area contributed by atoms with Crippen LogP contribution in [0.4, 0.5) is 0 Å². The van der Waals surface area contributed by atoms with E-state index in [0.717, 1.165) is 16.6 Å². The molecule has 0 amide bonds. The molecule has 0 aliphatic heterocycles. The highest BCUT2D eigenvalue weighted by Crippen LogP contribution is 2.20. The number of ether oxygens (including phenoxy) is 1. The Morgan fingerprint density at radius 3 is 3.12 bits per heavy atom. The number of nitrogens with zero attached hydrogens (tertiary/aromatic N) is 1. The number of rotatable bonds is 4. The molecule has 90 valence electrons. The molecule has 0 fully saturated rings. The van der Waals surface area contributed by atoms with E-state index in [2.05, 4.69) is 0 Å². The van der Waals surface area contributed by atoms with Gasteiger partial charge in [-0.2, -0.15) is 4.57 Å². The van der Waals surface area contributed by atoms with Crippen LogP contribution in [0.1, 0.15) is 13.3 Å². The Balaban J connectivity index is 2.16. The molecule has 0 bridgehead atoms. The summed E-state index contributed by atoms with van der Waals surface area (Å²) in [5.74, 6) is -0.202. The summed E-state index contributed by atoms with van der Waals surface area (Å²) in [6.07, 6.45) is 0.844. The molecule has 2 rings (SSSR count). The standard InChI is InChI=1S/C12H13ClNO2S/c1-2-5-16-12(15)7-14-8-17-11-6-9(13)3-4-10(11)14/h3-4,6,8H,2,5,7H2,1H3/q+1. The molecular weight excluding hydrogens is 258 g/mol. The largest absolute Gasteiger partial charge is 0.461 e. The first-order valence-corrected chi connectivity index (χ1v) is 6.68. The van der Waals surface area contributed by atoms with Crippen molar-refractivity contribution < 1.29 is 14.1 Å². The molecule has 0 spiro atoms. The van der Waals surface area contributed by atoms with Crippen molar-refractivity contribution in [2.24, 2.45) is 0 Å². The molecule has 0 aliphatic carbocycles. The Morgan fingerprint density at radius 2 is 2.35 bits per heavy atom. The van der Waals surface area contributed by atoms with Crippen molar-refractivity contribution in [3.63, 3.8) is 0 Å². The number of thiazole rings is 1. The average molecular weight is 271 g/mol. The van der Waals surface area contributed by atoms with Gasteiger partial charge in [0.2, 0.25) is 17.6 Å². The van der Waals surface area contributed by atoms with Gasteiger partial charge >= 0.3 is 5.97 Å². The number of carbonyl (C=O) groups is 1. The van der Waals surface area contributed by atoms with Crippen LogP contribution in [0.25, 0.3) is 10.2 Å². The number of aromatic nitrogens is 1. The number of fused-ring (bicyclic) bond motifs is 1. The van der Waals surface area contributed by atoms with Gasteiger partial charge in [0.25, 0.3) is 0 Å². The number of benzene rings is 1. The lowest BCUT2D eigenvalue weighted by atomic mass is 10.3. The molecule has 0 saturated carbocycles. The zero-order chi connectivity index (χ0) is 12.3. The van der Waals surface area contributed by atoms with Crippen LogP contribution in [-0.2, 0) is 16.1 Å². The highest BCUT2D eigenvalue weighted by molar-refractivity contribution is 7.16. The van der Waals surface area contributed by atoms with Crippen LogP contribution in [-0.4, -0.2) is 12.6 Å². The van der Waals surface area contributed by atoms with Gasteiger partial charge < -0.3 is 4.74 Å². The highest BCUT2D eigenvalue weighted by atomic mass is 35.5. The van der Waals surface area contributed by atoms with Crippen molar-refractivity contribution in [3.8, 4) is 0 Å². The molecule has 0 aliphatic rings. The first-order chi connectivity index (χ1) is 8.20. The first kappa shape index (κ1) is 12.3. The Bertz CT molecular complexity index is 538. The van der Waals surface area contributed by atoms with Crippen molar-refractivity contribution >= 4 is 39.1 Å². The van der Waals surface area contributed by atoms with Gasteiger partial charge in [-0.05, 0) is 18.6 Å². The molecule has 0 N–H and O–H groups in total. The summed E-state index contributed by atoms with van der Waals surface area (Å²) in [7, 11) is 0. The fourth-order valence-corrected chi connectivity index (χ4v) is 2.69. The quantitative estimate of drug-likeness (QED) is 0.632. The van der Waals surface area contributed by atoms with Gasteiger partial charge in [-0.1, -0.05) is 29.9 Å². The van der Waals surface area contributed by atoms with E-state index in [-0.39, 0.29) is 12.5 Å². The Morgan fingerprint density at radius 1 is 1.53 bits per heavy atom. The summed E-state index contributed by atoms with van der Waals surface area (Å²) >= 11 is 7.47. The molecule has 17 heavy (non-hydrogen) atoms. The van der Waals surface area contributed by atoms with Gasteiger partial charge in [0.15, 0.2) is 0 Å². The second-order valence-electron chi connectivity index (χ2n) is 3.68. The van der Waals surface area contributed by atoms with E-state index in [0.29, 0.717) is 11.6 Å². The van der Waals surface area contributed by atoms with E-state index < -0.39 is 0 Å². The fourth-order valence-electron chi connectivity index (χ4n) is 1.52. The van der Waals surface area contributed by atoms with Gasteiger partial charge in [0.1, 0.15) is 4.70 Å². The molecule has 2 aromatic rings. The third kappa shape index (κ3) is 2.96. The lowest BCUT2D eigenvalue weighted by Crippen LogP contribution is -2.37. The van der Waals surface area contributed by atoms with Crippen molar-refractivity contribution in [1.29, 1.82) is 0 Å². The van der Waals surface area contributed by atoms with Crippen molar-refractivity contribution in [3.05, 3.63) is 28.7 Å². The van der Waals surface area contributed by atoms with Crippen LogP contribution in [0.3, 0.4) is 0 Å². The molecular formula is C12H13ClNO2S+. The predicted octanol–water partition coefficient (Wildman–Crippen LogP) is 2.80. The third-order valence-corrected chi connectivity index (χ3v) is 3.48. The molecule has 0 unspecified atom stereocenters. The maximum Gasteiger partial charge on any atom is 0.372 e. The van der Waals surface area contributed by atoms with Crippen LogP contribution in [0, 0.1) is 0 Å². The molecule has 1 aromatic carbocycles. The molecule has 1 aromatic heterocycles. The van der Waals surface area contributed by atoms with Crippen LogP contribution < -0.4 is 4.57 Å². The molecule has 0 radical (unpaired) electrons. The van der Waals surface area contributed by atoms with Gasteiger partial charge in [-0.3, -0.25) is 0 Å². The minimum absolute atomic E-state index is 0.202. The van der Waals surface area contributed by atoms with Gasteiger partial charge in [0, 0.05) is 11.1 Å². The normalized spacial score (nSPS) is 10.7. The third-order valence-electron chi connectivity index (χ3n) is 2.30. The number of hydrogen-bond acceptors (Lipinski definition) is 3. The summed E-state index contributed by atoms with van der Waals surface area (Å²) in [5.41, 5.74) is 2.92. The van der Waals surface area contributed by atoms with Gasteiger partial charge in [-0.15, -0.1) is 0 Å². The zero-order valence-electron chi connectivity index (χ0n) is 9.48. The number of hydrogen-bond donors (Lipinski definition) is 0. The summed E-state index contributed by atoms with van der Waals surface area (Å²) < 4.78 is 8.01. The van der Waals surface area contributed by atoms with E-state index in [9.17, 15) is 4.79 Å². The minimum Gasteiger partial charge on any atom is -0.461 e. The summed E-state index contributed by atoms with van der Waals surface area (Å²) in [6, 6.07) is 5.64. The summed E-state index contributed by atoms with van der Waals surface area (Å²) in [6.45, 7) is 2.71. The fraction of sp³-hybridized carbons (Fsp3) is 0.333. The maximum absolute atomic E-state index is 11.5. The van der Waals surface area contributed by atoms with Crippen LogP contribution in [0.15, 0.2) is 23.7 Å². The lowest BCUT2D eigenvalue weighted by molar-refractivity contribution is -0.655.